The van der Waals surface area contributed by atoms with Gasteiger partial charge in [-0.05, 0) is 66.8 Å². The fourth-order valence-electron chi connectivity index (χ4n) is 2.55. The number of rotatable bonds is 5. The minimum absolute atomic E-state index is 0.123. The molecule has 0 radical (unpaired) electrons. The van der Waals surface area contributed by atoms with E-state index in [2.05, 4.69) is 20.4 Å². The Bertz CT molecular complexity index is 1140. The molecule has 2 N–H and O–H groups in total. The average molecular weight is 498 g/mol. The second-order valence-electron chi connectivity index (χ2n) is 6.27. The van der Waals surface area contributed by atoms with Gasteiger partial charge in [-0.3, -0.25) is 0 Å². The zero-order chi connectivity index (χ0) is 23.3. The number of ether oxygens (including phenoxy) is 1. The Hall–Kier alpha value is -2.82. The fourth-order valence-corrected chi connectivity index (χ4v) is 3.85. The van der Waals surface area contributed by atoms with E-state index in [9.17, 15) is 18.0 Å². The van der Waals surface area contributed by atoms with Crippen LogP contribution in [0.4, 0.5) is 24.5 Å². The standard InChI is InChI=1S/C21H15ClF3N3O2S2/c1-30-19(29)18-11-15(8-9-26-18)32-14-5-2-12(3-6-14)27-20(31)28-13-4-7-17(22)16(10-13)21(23,24)25/h2-11H,1H3,(H2,27,28,31). The van der Waals surface area contributed by atoms with Crippen LogP contribution in [0.25, 0.3) is 0 Å². The van der Waals surface area contributed by atoms with Crippen molar-refractivity contribution in [1.82, 2.24) is 4.98 Å². The third-order valence-corrected chi connectivity index (χ3v) is 5.53. The summed E-state index contributed by atoms with van der Waals surface area (Å²) in [6.07, 6.45) is -3.04. The van der Waals surface area contributed by atoms with Gasteiger partial charge in [0.1, 0.15) is 5.69 Å². The molecule has 3 rings (SSSR count). The van der Waals surface area contributed by atoms with Crippen molar-refractivity contribution in [1.29, 1.82) is 0 Å². The number of methoxy groups -OCH3 is 1. The normalized spacial score (nSPS) is 11.0. The Kier molecular flexibility index (Phi) is 7.60. The maximum absolute atomic E-state index is 13.0. The molecular formula is C21H15ClF3N3O2S2. The van der Waals surface area contributed by atoms with Crippen molar-refractivity contribution in [2.24, 2.45) is 0 Å². The Morgan fingerprint density at radius 2 is 1.69 bits per heavy atom. The van der Waals surface area contributed by atoms with E-state index in [4.69, 9.17) is 23.8 Å². The largest absolute Gasteiger partial charge is 0.464 e. The molecule has 2 aromatic carbocycles. The van der Waals surface area contributed by atoms with Crippen LogP contribution >= 0.6 is 35.6 Å². The number of carbonyl (C=O) groups excluding carboxylic acids is 1. The molecule has 0 atom stereocenters. The summed E-state index contributed by atoms with van der Waals surface area (Å²) < 4.78 is 43.7. The van der Waals surface area contributed by atoms with Gasteiger partial charge < -0.3 is 15.4 Å². The summed E-state index contributed by atoms with van der Waals surface area (Å²) in [4.78, 5) is 17.3. The summed E-state index contributed by atoms with van der Waals surface area (Å²) >= 11 is 12.2. The van der Waals surface area contributed by atoms with Crippen LogP contribution in [0.5, 0.6) is 0 Å². The summed E-state index contributed by atoms with van der Waals surface area (Å²) in [7, 11) is 1.29. The molecule has 0 aliphatic carbocycles. The van der Waals surface area contributed by atoms with Gasteiger partial charge in [0.15, 0.2) is 5.11 Å². The highest BCUT2D eigenvalue weighted by Crippen LogP contribution is 2.36. The van der Waals surface area contributed by atoms with E-state index in [1.54, 1.807) is 24.3 Å². The van der Waals surface area contributed by atoms with Crippen LogP contribution in [-0.2, 0) is 10.9 Å². The van der Waals surface area contributed by atoms with Crippen LogP contribution in [-0.4, -0.2) is 23.2 Å². The van der Waals surface area contributed by atoms with Crippen molar-refractivity contribution in [2.75, 3.05) is 17.7 Å². The van der Waals surface area contributed by atoms with E-state index in [1.165, 1.54) is 31.1 Å². The second kappa shape index (κ2) is 10.2. The second-order valence-corrected chi connectivity index (χ2v) is 8.23. The van der Waals surface area contributed by atoms with Crippen molar-refractivity contribution in [2.45, 2.75) is 16.0 Å². The van der Waals surface area contributed by atoms with E-state index < -0.39 is 17.7 Å². The molecule has 1 aromatic heterocycles. The Morgan fingerprint density at radius 1 is 1.03 bits per heavy atom. The van der Waals surface area contributed by atoms with E-state index >= 15 is 0 Å². The van der Waals surface area contributed by atoms with Gasteiger partial charge in [-0.25, -0.2) is 9.78 Å². The quantitative estimate of drug-likeness (QED) is 0.308. The average Bonchev–Trinajstić information content (AvgIpc) is 2.75. The fraction of sp³-hybridized carbons (Fsp3) is 0.0952. The van der Waals surface area contributed by atoms with Crippen molar-refractivity contribution in [3.63, 3.8) is 0 Å². The molecule has 32 heavy (non-hydrogen) atoms. The van der Waals surface area contributed by atoms with E-state index in [0.717, 1.165) is 21.9 Å². The molecule has 5 nitrogen and oxygen atoms in total. The number of thiocarbonyl (C=S) groups is 1. The number of hydrogen-bond donors (Lipinski definition) is 2. The maximum Gasteiger partial charge on any atom is 0.417 e. The van der Waals surface area contributed by atoms with Crippen LogP contribution in [0.2, 0.25) is 5.02 Å². The summed E-state index contributed by atoms with van der Waals surface area (Å²) in [6, 6.07) is 14.0. The van der Waals surface area contributed by atoms with Gasteiger partial charge in [0.25, 0.3) is 0 Å². The molecule has 0 aliphatic heterocycles. The molecule has 0 saturated heterocycles. The number of nitrogens with zero attached hydrogens (tertiary/aromatic N) is 1. The highest BCUT2D eigenvalue weighted by molar-refractivity contribution is 7.99. The zero-order valence-corrected chi connectivity index (χ0v) is 18.8. The number of nitrogens with one attached hydrogen (secondary N) is 2. The van der Waals surface area contributed by atoms with Crippen LogP contribution < -0.4 is 10.6 Å². The summed E-state index contributed by atoms with van der Waals surface area (Å²) in [5.41, 5.74) is 0.0650. The minimum Gasteiger partial charge on any atom is -0.464 e. The molecule has 11 heteroatoms. The van der Waals surface area contributed by atoms with Gasteiger partial charge in [-0.1, -0.05) is 23.4 Å². The minimum atomic E-state index is -4.57. The number of esters is 1. The number of anilines is 2. The highest BCUT2D eigenvalue weighted by atomic mass is 35.5. The molecule has 0 spiro atoms. The molecule has 0 aliphatic rings. The number of hydrogen-bond acceptors (Lipinski definition) is 5. The SMILES string of the molecule is COC(=O)c1cc(Sc2ccc(NC(=S)Nc3ccc(Cl)c(C(F)(F)F)c3)cc2)ccn1. The molecule has 3 aromatic rings. The van der Waals surface area contributed by atoms with E-state index in [-0.39, 0.29) is 21.5 Å². The number of halogens is 4. The molecule has 0 saturated carbocycles. The van der Waals surface area contributed by atoms with E-state index in [1.807, 2.05) is 12.1 Å². The summed E-state index contributed by atoms with van der Waals surface area (Å²) in [6.45, 7) is 0. The topological polar surface area (TPSA) is 63.2 Å². The lowest BCUT2D eigenvalue weighted by molar-refractivity contribution is -0.137. The van der Waals surface area contributed by atoms with Crippen molar-refractivity contribution in [3.05, 3.63) is 77.1 Å². The monoisotopic (exact) mass is 497 g/mol. The van der Waals surface area contributed by atoms with Crippen LogP contribution in [0.15, 0.2) is 70.6 Å². The van der Waals surface area contributed by atoms with Crippen molar-refractivity contribution < 1.29 is 22.7 Å². The van der Waals surface area contributed by atoms with Crippen LogP contribution in [0, 0.1) is 0 Å². The molecule has 0 unspecified atom stereocenters. The summed E-state index contributed by atoms with van der Waals surface area (Å²) in [5.74, 6) is -0.518. The smallest absolute Gasteiger partial charge is 0.417 e. The third-order valence-electron chi connectivity index (χ3n) is 4.00. The van der Waals surface area contributed by atoms with E-state index in [0.29, 0.717) is 5.69 Å². The third kappa shape index (κ3) is 6.35. The van der Waals surface area contributed by atoms with Gasteiger partial charge in [-0.2, -0.15) is 13.2 Å². The molecule has 0 bridgehead atoms. The predicted molar refractivity (Wildman–Crippen MR) is 122 cm³/mol. The van der Waals surface area contributed by atoms with Gasteiger partial charge in [-0.15, -0.1) is 0 Å². The Labute approximate surface area is 196 Å². The number of aromatic nitrogens is 1. The lowest BCUT2D eigenvalue weighted by Gasteiger charge is -2.14. The van der Waals surface area contributed by atoms with Gasteiger partial charge in [0.2, 0.25) is 0 Å². The van der Waals surface area contributed by atoms with Crippen LogP contribution in [0.1, 0.15) is 16.1 Å². The molecule has 0 fully saturated rings. The van der Waals surface area contributed by atoms with Gasteiger partial charge in [0, 0.05) is 27.4 Å². The number of benzene rings is 2. The molecule has 1 heterocycles. The van der Waals surface area contributed by atoms with Gasteiger partial charge in [0.05, 0.1) is 17.7 Å². The van der Waals surface area contributed by atoms with Crippen LogP contribution in [0.3, 0.4) is 0 Å². The molecule has 166 valence electrons. The Morgan fingerprint density at radius 3 is 2.34 bits per heavy atom. The number of carbonyl (C=O) groups is 1. The van der Waals surface area contributed by atoms with Crippen molar-refractivity contribution >= 4 is 58.0 Å². The van der Waals surface area contributed by atoms with Gasteiger partial charge >= 0.3 is 12.1 Å². The lowest BCUT2D eigenvalue weighted by atomic mass is 10.2. The molecule has 0 amide bonds. The molecular weight excluding hydrogens is 483 g/mol. The Balaban J connectivity index is 1.62. The number of pyridine rings is 1. The lowest BCUT2D eigenvalue weighted by Crippen LogP contribution is -2.19. The summed E-state index contributed by atoms with van der Waals surface area (Å²) in [5, 5.41) is 5.36. The first-order valence-electron chi connectivity index (χ1n) is 8.93. The first kappa shape index (κ1) is 23.8. The zero-order valence-electron chi connectivity index (χ0n) is 16.4. The van der Waals surface area contributed by atoms with Crippen molar-refractivity contribution in [3.8, 4) is 0 Å². The first-order valence-corrected chi connectivity index (χ1v) is 10.5. The highest BCUT2D eigenvalue weighted by Gasteiger charge is 2.33. The first-order chi connectivity index (χ1) is 15.2. The maximum atomic E-state index is 13.0. The number of alkyl halides is 3. The predicted octanol–water partition coefficient (Wildman–Crippen LogP) is 6.50.